The van der Waals surface area contributed by atoms with E-state index in [4.69, 9.17) is 28.5 Å². The number of hydrogen-bond donors (Lipinski definition) is 0. The van der Waals surface area contributed by atoms with Crippen LogP contribution in [0.15, 0.2) is 50.7 Å². The van der Waals surface area contributed by atoms with Gasteiger partial charge in [0.1, 0.15) is 12.6 Å². The molecule has 0 aliphatic carbocycles. The Labute approximate surface area is 402 Å². The summed E-state index contributed by atoms with van der Waals surface area (Å²) in [6.07, 6.45) is 4.40. The predicted molar refractivity (Wildman–Crippen MR) is 277 cm³/mol. The van der Waals surface area contributed by atoms with Gasteiger partial charge >= 0.3 is 0 Å². The van der Waals surface area contributed by atoms with Gasteiger partial charge in [0.2, 0.25) is 0 Å². The van der Waals surface area contributed by atoms with Crippen LogP contribution in [-0.2, 0) is 84.1 Å². The number of benzene rings is 3. The fraction of sp³-hybridized carbons (Fsp3) is 0.630. The summed E-state index contributed by atoms with van der Waals surface area (Å²) in [6.45, 7) is 47.0. The molecule has 0 amide bonds. The summed E-state index contributed by atoms with van der Waals surface area (Å²) >= 11 is 3.72. The van der Waals surface area contributed by atoms with Crippen molar-refractivity contribution in [3.63, 3.8) is 0 Å². The van der Waals surface area contributed by atoms with Gasteiger partial charge in [-0.1, -0.05) is 150 Å². The summed E-state index contributed by atoms with van der Waals surface area (Å²) in [4.78, 5) is 20.3. The van der Waals surface area contributed by atoms with Crippen LogP contribution in [0.5, 0.6) is 0 Å². The Kier molecular flexibility index (Phi) is 28.7. The van der Waals surface area contributed by atoms with E-state index in [9.17, 15) is 0 Å². The van der Waals surface area contributed by atoms with Gasteiger partial charge in [0, 0.05) is 14.3 Å². The minimum Gasteiger partial charge on any atom is -0.374 e. The molecule has 0 unspecified atom stereocenters. The molecule has 0 saturated heterocycles. The Morgan fingerprint density at radius 1 is 0.460 bits per heavy atom. The van der Waals surface area contributed by atoms with Crippen LogP contribution in [0.4, 0.5) is 0 Å². The standard InChI is InChI=1S/C32H50O2S2.C18H29BrO2.2C2H4O/c1-13-23-15-27(31(7,8)9)16-24(14-2)29(23)35-36-30-25(19-33-21(3)4)17-28(32(10,11)12)18-26(30)20-34-22(5)6;1-12(2)20-10-14-8-16(18(5,6)7)9-15(17(14)19)11-21-13(3)4;2*1-2-3/h15-18,21-22H,13-14,19-20H2,1-12H3;8-9,12-13H,10-11H2,1-7H3;2*2H,1H3. The first-order chi connectivity index (χ1) is 29.1. The normalized spacial score (nSPS) is 11.8. The monoisotopic (exact) mass is 975 g/mol. The average Bonchev–Trinajstić information content (AvgIpc) is 3.16. The number of halogens is 1. The maximum absolute atomic E-state index is 8.81. The summed E-state index contributed by atoms with van der Waals surface area (Å²) in [5.41, 5.74) is 12.2. The van der Waals surface area contributed by atoms with E-state index < -0.39 is 0 Å². The summed E-state index contributed by atoms with van der Waals surface area (Å²) < 4.78 is 25.0. The van der Waals surface area contributed by atoms with Crippen molar-refractivity contribution in [2.45, 2.75) is 235 Å². The quantitative estimate of drug-likeness (QED) is 0.0979. The number of carbonyl (C=O) groups is 2. The molecule has 0 aromatic heterocycles. The molecule has 0 fully saturated rings. The lowest BCUT2D eigenvalue weighted by atomic mass is 9.84. The molecule has 0 aliphatic heterocycles. The predicted octanol–water partition coefficient (Wildman–Crippen LogP) is 16.1. The molecule has 0 atom stereocenters. The van der Waals surface area contributed by atoms with E-state index in [0.29, 0.717) is 26.4 Å². The number of aryl methyl sites for hydroxylation is 2. The van der Waals surface area contributed by atoms with Crippen molar-refractivity contribution in [3.05, 3.63) is 90.9 Å². The highest BCUT2D eigenvalue weighted by atomic mass is 79.9. The average molecular weight is 976 g/mol. The highest BCUT2D eigenvalue weighted by Crippen LogP contribution is 2.46. The molecule has 0 aliphatic rings. The number of rotatable bonds is 17. The van der Waals surface area contributed by atoms with E-state index >= 15 is 0 Å². The molecular weight excluding hydrogens is 889 g/mol. The van der Waals surface area contributed by atoms with Crippen molar-refractivity contribution in [1.29, 1.82) is 0 Å². The fourth-order valence-corrected chi connectivity index (χ4v) is 9.31. The van der Waals surface area contributed by atoms with Crippen molar-refractivity contribution in [2.24, 2.45) is 0 Å². The van der Waals surface area contributed by atoms with Crippen molar-refractivity contribution in [2.75, 3.05) is 0 Å². The van der Waals surface area contributed by atoms with E-state index in [1.807, 2.05) is 21.6 Å². The van der Waals surface area contributed by atoms with Gasteiger partial charge in [-0.25, -0.2) is 0 Å². The van der Waals surface area contributed by atoms with Crippen molar-refractivity contribution >= 4 is 50.1 Å². The fourth-order valence-electron chi connectivity index (χ4n) is 5.83. The van der Waals surface area contributed by atoms with Crippen molar-refractivity contribution in [1.82, 2.24) is 0 Å². The van der Waals surface area contributed by atoms with Gasteiger partial charge in [0.15, 0.2) is 0 Å². The summed E-state index contributed by atoms with van der Waals surface area (Å²) in [5.74, 6) is 0. The van der Waals surface area contributed by atoms with E-state index in [-0.39, 0.29) is 40.7 Å². The van der Waals surface area contributed by atoms with E-state index in [1.54, 1.807) is 0 Å². The van der Waals surface area contributed by atoms with Gasteiger partial charge in [-0.3, -0.25) is 0 Å². The lowest BCUT2D eigenvalue weighted by Gasteiger charge is -2.25. The highest BCUT2D eigenvalue weighted by Gasteiger charge is 2.23. The number of aldehydes is 2. The molecule has 63 heavy (non-hydrogen) atoms. The van der Waals surface area contributed by atoms with Crippen LogP contribution in [0.3, 0.4) is 0 Å². The Balaban J connectivity index is 0.00000120. The molecule has 0 radical (unpaired) electrons. The second-order valence-electron chi connectivity index (χ2n) is 19.9. The van der Waals surface area contributed by atoms with Gasteiger partial charge in [-0.05, 0) is 148 Å². The zero-order valence-electron chi connectivity index (χ0n) is 43.3. The topological polar surface area (TPSA) is 71.1 Å². The van der Waals surface area contributed by atoms with Crippen LogP contribution in [0.1, 0.15) is 195 Å². The number of hydrogen-bond acceptors (Lipinski definition) is 8. The van der Waals surface area contributed by atoms with Crippen LogP contribution in [0.2, 0.25) is 0 Å². The van der Waals surface area contributed by atoms with Crippen LogP contribution >= 0.6 is 37.5 Å². The van der Waals surface area contributed by atoms with Gasteiger partial charge in [0.25, 0.3) is 0 Å². The van der Waals surface area contributed by atoms with Gasteiger partial charge in [-0.2, -0.15) is 0 Å². The minimum absolute atomic E-state index is 0.0586. The zero-order chi connectivity index (χ0) is 48.9. The molecule has 0 bridgehead atoms. The number of ether oxygens (including phenoxy) is 4. The molecule has 3 rings (SSSR count). The third kappa shape index (κ3) is 23.4. The molecule has 6 nitrogen and oxygen atoms in total. The van der Waals surface area contributed by atoms with Crippen LogP contribution in [0, 0.1) is 0 Å². The maximum atomic E-state index is 8.81. The van der Waals surface area contributed by atoms with Gasteiger partial charge < -0.3 is 28.5 Å². The lowest BCUT2D eigenvalue weighted by Crippen LogP contribution is -2.15. The lowest BCUT2D eigenvalue weighted by molar-refractivity contribution is -0.106. The summed E-state index contributed by atoms with van der Waals surface area (Å²) in [6, 6.07) is 14.0. The van der Waals surface area contributed by atoms with Crippen LogP contribution in [-0.4, -0.2) is 37.0 Å². The summed E-state index contributed by atoms with van der Waals surface area (Å²) in [5, 5.41) is 0. The molecule has 0 heterocycles. The Hall–Kier alpha value is -1.98. The minimum atomic E-state index is 0.0586. The van der Waals surface area contributed by atoms with Crippen LogP contribution in [0.25, 0.3) is 0 Å². The SMILES string of the molecule is CC(C)OCc1cc(C(C)(C)C)cc(COC(C)C)c1Br.CC=O.CC=O.CCc1cc(C(C)(C)C)cc(CC)c1SSc1c(COC(C)C)cc(C(C)(C)C)cc1COC(C)C. The molecule has 3 aromatic carbocycles. The summed E-state index contributed by atoms with van der Waals surface area (Å²) in [7, 11) is 3.79. The molecule has 0 saturated carbocycles. The second kappa shape index (κ2) is 29.6. The Bertz CT molecular complexity index is 1700. The zero-order valence-corrected chi connectivity index (χ0v) is 46.5. The Morgan fingerprint density at radius 2 is 0.667 bits per heavy atom. The van der Waals surface area contributed by atoms with E-state index in [2.05, 4.69) is 184 Å². The third-order valence-corrected chi connectivity index (χ3v) is 13.3. The van der Waals surface area contributed by atoms with Gasteiger partial charge in [0.05, 0.1) is 50.8 Å². The highest BCUT2D eigenvalue weighted by molar-refractivity contribution is 9.10. The molecular formula is C54H87BrO6S2. The van der Waals surface area contributed by atoms with Gasteiger partial charge in [-0.15, -0.1) is 0 Å². The first-order valence-electron chi connectivity index (χ1n) is 22.9. The molecule has 0 N–H and O–H groups in total. The van der Waals surface area contributed by atoms with E-state index in [1.165, 1.54) is 73.7 Å². The third-order valence-electron chi connectivity index (χ3n) is 9.57. The van der Waals surface area contributed by atoms with Crippen molar-refractivity contribution in [3.8, 4) is 0 Å². The van der Waals surface area contributed by atoms with E-state index in [0.717, 1.165) is 29.9 Å². The maximum Gasteiger partial charge on any atom is 0.116 e. The largest absolute Gasteiger partial charge is 0.374 e. The Morgan fingerprint density at radius 3 is 0.889 bits per heavy atom. The van der Waals surface area contributed by atoms with Crippen molar-refractivity contribution < 1.29 is 28.5 Å². The molecule has 0 spiro atoms. The molecule has 9 heteroatoms. The molecule has 358 valence electrons. The molecule has 3 aromatic rings. The first kappa shape index (κ1) is 61.0. The second-order valence-corrected chi connectivity index (χ2v) is 22.8. The first-order valence-corrected chi connectivity index (χ1v) is 25.8. The van der Waals surface area contributed by atoms with Crippen LogP contribution < -0.4 is 0 Å². The smallest absolute Gasteiger partial charge is 0.116 e. The number of carbonyl (C=O) groups excluding carboxylic acids is 2.